The molecule has 3 aromatic carbocycles. The summed E-state index contributed by atoms with van der Waals surface area (Å²) in [6, 6.07) is 19.3. The predicted molar refractivity (Wildman–Crippen MR) is 155 cm³/mol. The van der Waals surface area contributed by atoms with Crippen LogP contribution in [0.25, 0.3) is 11.1 Å². The average Bonchev–Trinajstić information content (AvgIpc) is 2.91. The first-order chi connectivity index (χ1) is 18.5. The van der Waals surface area contributed by atoms with Gasteiger partial charge in [-0.15, -0.1) is 0 Å². The number of nitrogens with one attached hydrogen (secondary N) is 2. The molecule has 4 rings (SSSR count). The normalized spacial score (nSPS) is 15.7. The van der Waals surface area contributed by atoms with Gasteiger partial charge in [-0.05, 0) is 65.8 Å². The van der Waals surface area contributed by atoms with Crippen molar-refractivity contribution in [3.63, 3.8) is 0 Å². The Hall–Kier alpha value is -2.69. The van der Waals surface area contributed by atoms with Gasteiger partial charge in [0.2, 0.25) is 0 Å². The molecule has 208 valence electrons. The number of carbonyl (C=O) groups excluding carboxylic acids is 1. The Kier molecular flexibility index (Phi) is 9.51. The summed E-state index contributed by atoms with van der Waals surface area (Å²) in [6.45, 7) is 1.15. The molecule has 1 heterocycles. The van der Waals surface area contributed by atoms with Gasteiger partial charge in [-0.25, -0.2) is 9.18 Å². The van der Waals surface area contributed by atoms with Crippen molar-refractivity contribution in [2.24, 2.45) is 5.92 Å². The maximum Gasteiger partial charge on any atom is 0.319 e. The van der Waals surface area contributed by atoms with Crippen LogP contribution in [0.2, 0.25) is 10.0 Å². The molecule has 1 atom stereocenters. The summed E-state index contributed by atoms with van der Waals surface area (Å²) < 4.78 is 41.4. The second-order valence-corrected chi connectivity index (χ2v) is 12.7. The highest BCUT2D eigenvalue weighted by Crippen LogP contribution is 2.35. The lowest BCUT2D eigenvalue weighted by Crippen LogP contribution is -2.46. The highest BCUT2D eigenvalue weighted by atomic mass is 35.5. The molecule has 1 unspecified atom stereocenters. The number of nitrogens with zero attached hydrogens (tertiary/aromatic N) is 2. The number of rotatable bonds is 8. The molecule has 0 radical (unpaired) electrons. The number of urea groups is 1. The number of piperidine rings is 1. The van der Waals surface area contributed by atoms with E-state index in [1.54, 1.807) is 0 Å². The lowest BCUT2D eigenvalue weighted by Gasteiger charge is -2.36. The van der Waals surface area contributed by atoms with E-state index in [4.69, 9.17) is 23.2 Å². The minimum atomic E-state index is -3.48. The summed E-state index contributed by atoms with van der Waals surface area (Å²) in [5.74, 6) is -0.465. The highest BCUT2D eigenvalue weighted by molar-refractivity contribution is 7.86. The Morgan fingerprint density at radius 2 is 1.72 bits per heavy atom. The van der Waals surface area contributed by atoms with Gasteiger partial charge in [-0.2, -0.15) is 17.0 Å². The molecule has 0 bridgehead atoms. The van der Waals surface area contributed by atoms with Crippen LogP contribution < -0.4 is 10.6 Å². The lowest BCUT2D eigenvalue weighted by molar-refractivity contribution is 0.228. The Labute approximate surface area is 239 Å². The molecule has 7 nitrogen and oxygen atoms in total. The molecule has 0 saturated carbocycles. The van der Waals surface area contributed by atoms with Gasteiger partial charge in [-0.1, -0.05) is 59.6 Å². The molecule has 11 heteroatoms. The van der Waals surface area contributed by atoms with Crippen LogP contribution in [0.15, 0.2) is 66.7 Å². The van der Waals surface area contributed by atoms with Crippen LogP contribution in [-0.2, 0) is 10.2 Å². The minimum absolute atomic E-state index is 0.0508. The predicted octanol–water partition coefficient (Wildman–Crippen LogP) is 6.22. The molecule has 3 aromatic rings. The fraction of sp³-hybridized carbons (Fsp3) is 0.321. The monoisotopic (exact) mass is 592 g/mol. The Morgan fingerprint density at radius 1 is 1.03 bits per heavy atom. The van der Waals surface area contributed by atoms with Crippen LogP contribution in [0.4, 0.5) is 14.9 Å². The summed E-state index contributed by atoms with van der Waals surface area (Å²) in [5.41, 5.74) is 3.44. The smallest absolute Gasteiger partial charge is 0.319 e. The van der Waals surface area contributed by atoms with E-state index >= 15 is 0 Å². The second kappa shape index (κ2) is 12.7. The zero-order valence-electron chi connectivity index (χ0n) is 21.7. The number of anilines is 1. The number of carbonyl (C=O) groups is 1. The first-order valence-electron chi connectivity index (χ1n) is 12.6. The molecule has 2 amide bonds. The standard InChI is InChI=1S/C28H31Cl2FN4O3S/c1-34(2)39(37,38)35-14-12-21(13-15-35)25(18-32-28(36)33-24-10-11-27(31)26(30)17-24)20-8-6-19(7-9-20)22-4-3-5-23(29)16-22/h3-11,16-17,21,25H,12-15,18H2,1-2H3,(H2,32,33,36). The third-order valence-corrected chi connectivity index (χ3v) is 9.48. The van der Waals surface area contributed by atoms with Gasteiger partial charge in [0, 0.05) is 50.4 Å². The highest BCUT2D eigenvalue weighted by Gasteiger charge is 2.33. The van der Waals surface area contributed by atoms with Crippen molar-refractivity contribution in [1.82, 2.24) is 13.9 Å². The molecule has 1 aliphatic rings. The first kappa shape index (κ1) is 29.3. The number of halogens is 3. The van der Waals surface area contributed by atoms with Crippen LogP contribution in [0, 0.1) is 11.7 Å². The van der Waals surface area contributed by atoms with Crippen LogP contribution >= 0.6 is 23.2 Å². The summed E-state index contributed by atoms with van der Waals surface area (Å²) in [5, 5.41) is 6.20. The van der Waals surface area contributed by atoms with Crippen LogP contribution in [0.5, 0.6) is 0 Å². The number of amides is 2. The van der Waals surface area contributed by atoms with E-state index in [0.717, 1.165) is 16.7 Å². The summed E-state index contributed by atoms with van der Waals surface area (Å²) >= 11 is 12.0. The van der Waals surface area contributed by atoms with E-state index in [1.165, 1.54) is 40.9 Å². The van der Waals surface area contributed by atoms with Gasteiger partial charge in [0.1, 0.15) is 5.82 Å². The fourth-order valence-electron chi connectivity index (χ4n) is 4.84. The molecule has 0 aliphatic carbocycles. The van der Waals surface area contributed by atoms with Crippen molar-refractivity contribution in [1.29, 1.82) is 0 Å². The SMILES string of the molecule is CN(C)S(=O)(=O)N1CCC(C(CNC(=O)Nc2ccc(F)c(Cl)c2)c2ccc(-c3cccc(Cl)c3)cc2)CC1. The van der Waals surface area contributed by atoms with E-state index in [0.29, 0.717) is 43.2 Å². The van der Waals surface area contributed by atoms with Crippen molar-refractivity contribution < 1.29 is 17.6 Å². The minimum Gasteiger partial charge on any atom is -0.337 e. The third kappa shape index (κ3) is 7.29. The largest absolute Gasteiger partial charge is 0.337 e. The lowest BCUT2D eigenvalue weighted by atomic mass is 9.80. The number of benzene rings is 3. The molecule has 39 heavy (non-hydrogen) atoms. The van der Waals surface area contributed by atoms with Crippen molar-refractivity contribution in [3.8, 4) is 11.1 Å². The molecule has 1 aliphatic heterocycles. The molecular weight excluding hydrogens is 562 g/mol. The fourth-order valence-corrected chi connectivity index (χ4v) is 6.34. The zero-order valence-corrected chi connectivity index (χ0v) is 24.0. The van der Waals surface area contributed by atoms with Crippen molar-refractivity contribution in [2.45, 2.75) is 18.8 Å². The van der Waals surface area contributed by atoms with Gasteiger partial charge in [0.05, 0.1) is 5.02 Å². The third-order valence-electron chi connectivity index (χ3n) is 7.01. The molecule has 0 aromatic heterocycles. The Morgan fingerprint density at radius 3 is 2.33 bits per heavy atom. The summed E-state index contributed by atoms with van der Waals surface area (Å²) in [6.07, 6.45) is 1.31. The van der Waals surface area contributed by atoms with E-state index in [1.807, 2.05) is 48.5 Å². The van der Waals surface area contributed by atoms with E-state index < -0.39 is 22.1 Å². The van der Waals surface area contributed by atoms with Crippen molar-refractivity contribution in [3.05, 3.63) is 88.2 Å². The second-order valence-electron chi connectivity index (χ2n) is 9.73. The van der Waals surface area contributed by atoms with Gasteiger partial charge in [0.25, 0.3) is 10.2 Å². The average molecular weight is 594 g/mol. The molecule has 2 N–H and O–H groups in total. The topological polar surface area (TPSA) is 81.8 Å². The van der Waals surface area contributed by atoms with Gasteiger partial charge in [0.15, 0.2) is 0 Å². The quantitative estimate of drug-likeness (QED) is 0.325. The summed E-state index contributed by atoms with van der Waals surface area (Å²) in [4.78, 5) is 12.7. The van der Waals surface area contributed by atoms with Gasteiger partial charge >= 0.3 is 6.03 Å². The Bertz CT molecular complexity index is 1410. The molecule has 0 spiro atoms. The van der Waals surface area contributed by atoms with Crippen LogP contribution in [0.1, 0.15) is 24.3 Å². The van der Waals surface area contributed by atoms with Gasteiger partial charge in [-0.3, -0.25) is 0 Å². The maximum absolute atomic E-state index is 13.5. The van der Waals surface area contributed by atoms with E-state index in [-0.39, 0.29) is 16.9 Å². The summed E-state index contributed by atoms with van der Waals surface area (Å²) in [7, 11) is -0.421. The van der Waals surface area contributed by atoms with Crippen LogP contribution in [-0.4, -0.2) is 56.8 Å². The zero-order chi connectivity index (χ0) is 28.2. The number of hydrogen-bond donors (Lipinski definition) is 2. The van der Waals surface area contributed by atoms with Crippen molar-refractivity contribution >= 4 is 45.1 Å². The molecule has 1 fully saturated rings. The Balaban J connectivity index is 1.50. The molecular formula is C28H31Cl2FN4O3S. The van der Waals surface area contributed by atoms with Crippen LogP contribution in [0.3, 0.4) is 0 Å². The van der Waals surface area contributed by atoms with E-state index in [2.05, 4.69) is 10.6 Å². The first-order valence-corrected chi connectivity index (χ1v) is 14.7. The van der Waals surface area contributed by atoms with E-state index in [9.17, 15) is 17.6 Å². The van der Waals surface area contributed by atoms with Crippen molar-refractivity contribution in [2.75, 3.05) is 39.0 Å². The van der Waals surface area contributed by atoms with Gasteiger partial charge < -0.3 is 10.6 Å². The molecule has 1 saturated heterocycles. The maximum atomic E-state index is 13.5. The number of hydrogen-bond acceptors (Lipinski definition) is 3.